The van der Waals surface area contributed by atoms with E-state index in [0.29, 0.717) is 5.92 Å². The number of amides is 1. The molecule has 5 unspecified atom stereocenters. The predicted octanol–water partition coefficient (Wildman–Crippen LogP) is 7.04. The fourth-order valence-electron chi connectivity index (χ4n) is 9.17. The van der Waals surface area contributed by atoms with Gasteiger partial charge in [-0.2, -0.15) is 5.10 Å². The van der Waals surface area contributed by atoms with Gasteiger partial charge in [0.1, 0.15) is 0 Å². The Morgan fingerprint density at radius 3 is 2.57 bits per heavy atom. The lowest BCUT2D eigenvalue weighted by Crippen LogP contribution is -2.51. The summed E-state index contributed by atoms with van der Waals surface area (Å²) < 4.78 is 1.06. The van der Waals surface area contributed by atoms with Crippen molar-refractivity contribution in [3.63, 3.8) is 0 Å². The van der Waals surface area contributed by atoms with Gasteiger partial charge >= 0.3 is 0 Å². The summed E-state index contributed by atoms with van der Waals surface area (Å²) in [6, 6.07) is 8.40. The molecule has 1 N–H and O–H groups in total. The van der Waals surface area contributed by atoms with Crippen LogP contribution in [0, 0.1) is 34.5 Å². The summed E-state index contributed by atoms with van der Waals surface area (Å²) in [5.41, 5.74) is 4.53. The summed E-state index contributed by atoms with van der Waals surface area (Å²) in [6.07, 6.45) is 12.5. The first-order chi connectivity index (χ1) is 16.7. The third-order valence-corrected chi connectivity index (χ3v) is 11.5. The van der Waals surface area contributed by atoms with Gasteiger partial charge in [0.25, 0.3) is 0 Å². The van der Waals surface area contributed by atoms with E-state index < -0.39 is 0 Å². The molecule has 6 rings (SSSR count). The molecule has 188 valence electrons. The van der Waals surface area contributed by atoms with Gasteiger partial charge in [0.15, 0.2) is 0 Å². The standard InChI is InChI=1S/C30H39BrN2O2/c1-18(34)33-28(19-4-7-21(31)8-5-19)17-27(32-33)26-11-10-24-23-9-6-20-16-22(35)12-14-29(20,2)25(23)13-15-30(24,26)3/h4-8,22-26,28,35H,9-17H2,1-3H3/t22-,23?,24?,25?,26?,28?,29-,30-/m0/s1. The highest BCUT2D eigenvalue weighted by Crippen LogP contribution is 2.66. The van der Waals surface area contributed by atoms with E-state index in [9.17, 15) is 9.90 Å². The van der Waals surface area contributed by atoms with Crippen LogP contribution in [-0.4, -0.2) is 27.8 Å². The molecule has 1 aliphatic heterocycles. The molecule has 1 heterocycles. The fraction of sp³-hybridized carbons (Fsp3) is 0.667. The second kappa shape index (κ2) is 8.55. The predicted molar refractivity (Wildman–Crippen MR) is 143 cm³/mol. The van der Waals surface area contributed by atoms with Crippen LogP contribution < -0.4 is 0 Å². The molecule has 0 radical (unpaired) electrons. The van der Waals surface area contributed by atoms with E-state index in [1.54, 1.807) is 17.5 Å². The normalized spacial score (nSPS) is 42.6. The largest absolute Gasteiger partial charge is 0.393 e. The molecule has 0 spiro atoms. The first kappa shape index (κ1) is 23.9. The molecule has 1 aromatic carbocycles. The number of hydrogen-bond acceptors (Lipinski definition) is 3. The Morgan fingerprint density at radius 1 is 1.06 bits per heavy atom. The first-order valence-electron chi connectivity index (χ1n) is 13.7. The topological polar surface area (TPSA) is 52.9 Å². The molecule has 0 saturated heterocycles. The second-order valence-corrected chi connectivity index (χ2v) is 13.5. The van der Waals surface area contributed by atoms with E-state index in [2.05, 4.69) is 60.1 Å². The van der Waals surface area contributed by atoms with Crippen molar-refractivity contribution in [3.8, 4) is 0 Å². The van der Waals surface area contributed by atoms with Gasteiger partial charge in [-0.05, 0) is 97.6 Å². The minimum Gasteiger partial charge on any atom is -0.393 e. The number of carbonyl (C=O) groups excluding carboxylic acids is 1. The van der Waals surface area contributed by atoms with Crippen molar-refractivity contribution in [1.82, 2.24) is 5.01 Å². The Hall–Kier alpha value is -1.46. The lowest BCUT2D eigenvalue weighted by molar-refractivity contribution is -0.130. The van der Waals surface area contributed by atoms with Crippen molar-refractivity contribution < 1.29 is 9.90 Å². The number of halogens is 1. The summed E-state index contributed by atoms with van der Waals surface area (Å²) in [5, 5.41) is 17.1. The zero-order valence-corrected chi connectivity index (χ0v) is 22.9. The fourth-order valence-corrected chi connectivity index (χ4v) is 9.43. The third kappa shape index (κ3) is 3.70. The van der Waals surface area contributed by atoms with Crippen molar-refractivity contribution in [1.29, 1.82) is 0 Å². The number of rotatable bonds is 2. The molecular weight excluding hydrogens is 500 g/mol. The van der Waals surface area contributed by atoms with E-state index in [-0.39, 0.29) is 28.9 Å². The Bertz CT molecular complexity index is 1080. The van der Waals surface area contributed by atoms with E-state index >= 15 is 0 Å². The van der Waals surface area contributed by atoms with Gasteiger partial charge in [-0.3, -0.25) is 4.79 Å². The van der Waals surface area contributed by atoms with Gasteiger partial charge in [0.2, 0.25) is 5.91 Å². The maximum absolute atomic E-state index is 12.6. The van der Waals surface area contributed by atoms with Crippen LogP contribution in [0.25, 0.3) is 0 Å². The van der Waals surface area contributed by atoms with Crippen molar-refractivity contribution in [2.75, 3.05) is 0 Å². The van der Waals surface area contributed by atoms with Gasteiger partial charge in [-0.1, -0.05) is 53.6 Å². The molecule has 5 aliphatic rings. The molecular formula is C30H39BrN2O2. The van der Waals surface area contributed by atoms with Gasteiger partial charge in [-0.15, -0.1) is 0 Å². The summed E-state index contributed by atoms with van der Waals surface area (Å²) >= 11 is 3.54. The van der Waals surface area contributed by atoms with Crippen LogP contribution in [0.2, 0.25) is 0 Å². The van der Waals surface area contributed by atoms with E-state index in [4.69, 9.17) is 5.10 Å². The summed E-state index contributed by atoms with van der Waals surface area (Å²) in [4.78, 5) is 12.6. The number of benzene rings is 1. The van der Waals surface area contributed by atoms with Crippen LogP contribution in [0.1, 0.15) is 90.2 Å². The third-order valence-electron chi connectivity index (χ3n) is 11.0. The van der Waals surface area contributed by atoms with Crippen LogP contribution in [-0.2, 0) is 4.79 Å². The van der Waals surface area contributed by atoms with Crippen LogP contribution in [0.15, 0.2) is 45.5 Å². The minimum absolute atomic E-state index is 0.0161. The maximum atomic E-state index is 12.6. The molecule has 8 atom stereocenters. The van der Waals surface area contributed by atoms with Crippen LogP contribution in [0.4, 0.5) is 0 Å². The summed E-state index contributed by atoms with van der Waals surface area (Å²) in [7, 11) is 0. The molecule has 1 aromatic rings. The van der Waals surface area contributed by atoms with Crippen LogP contribution in [0.5, 0.6) is 0 Å². The number of hydrazone groups is 1. The minimum atomic E-state index is -0.140. The molecule has 0 bridgehead atoms. The van der Waals surface area contributed by atoms with Crippen LogP contribution >= 0.6 is 15.9 Å². The van der Waals surface area contributed by atoms with E-state index in [1.165, 1.54) is 43.4 Å². The average molecular weight is 540 g/mol. The van der Waals surface area contributed by atoms with Crippen molar-refractivity contribution >= 4 is 27.5 Å². The Balaban J connectivity index is 1.27. The molecule has 3 fully saturated rings. The number of carbonyl (C=O) groups is 1. The molecule has 4 nitrogen and oxygen atoms in total. The number of aliphatic hydroxyl groups excluding tert-OH is 1. The zero-order valence-electron chi connectivity index (χ0n) is 21.3. The van der Waals surface area contributed by atoms with E-state index in [1.807, 2.05) is 0 Å². The number of allylic oxidation sites excluding steroid dienone is 1. The average Bonchev–Trinajstić information content (AvgIpc) is 3.41. The molecule has 3 saturated carbocycles. The number of nitrogens with zero attached hydrogens (tertiary/aromatic N) is 2. The summed E-state index contributed by atoms with van der Waals surface area (Å²) in [5.74, 6) is 2.74. The highest BCUT2D eigenvalue weighted by molar-refractivity contribution is 9.10. The number of fused-ring (bicyclic) bond motifs is 5. The first-order valence-corrected chi connectivity index (χ1v) is 14.5. The monoisotopic (exact) mass is 538 g/mol. The number of aliphatic hydroxyl groups is 1. The van der Waals surface area contributed by atoms with Gasteiger partial charge < -0.3 is 5.11 Å². The van der Waals surface area contributed by atoms with Gasteiger partial charge in [-0.25, -0.2) is 5.01 Å². The second-order valence-electron chi connectivity index (χ2n) is 12.6. The van der Waals surface area contributed by atoms with Crippen molar-refractivity contribution in [2.24, 2.45) is 39.6 Å². The summed E-state index contributed by atoms with van der Waals surface area (Å²) in [6.45, 7) is 6.70. The molecule has 5 heteroatoms. The lowest BCUT2D eigenvalue weighted by atomic mass is 9.47. The smallest absolute Gasteiger partial charge is 0.240 e. The lowest BCUT2D eigenvalue weighted by Gasteiger charge is -2.58. The molecule has 4 aliphatic carbocycles. The van der Waals surface area contributed by atoms with E-state index in [0.717, 1.165) is 47.9 Å². The molecule has 35 heavy (non-hydrogen) atoms. The highest BCUT2D eigenvalue weighted by atomic mass is 79.9. The van der Waals surface area contributed by atoms with Gasteiger partial charge in [0, 0.05) is 29.4 Å². The maximum Gasteiger partial charge on any atom is 0.240 e. The number of hydrogen-bond donors (Lipinski definition) is 1. The SMILES string of the molecule is CC(=O)N1N=C(C2CCC3C4CC=C5C[C@@H](O)CC[C@]5(C)C4CC[C@]23C)CC1c1ccc(Br)cc1. The van der Waals surface area contributed by atoms with Crippen molar-refractivity contribution in [2.45, 2.75) is 90.7 Å². The Morgan fingerprint density at radius 2 is 1.83 bits per heavy atom. The molecule has 0 aromatic heterocycles. The quantitative estimate of drug-likeness (QED) is 0.410. The molecule has 1 amide bonds. The van der Waals surface area contributed by atoms with Crippen molar-refractivity contribution in [3.05, 3.63) is 46.0 Å². The Kier molecular flexibility index (Phi) is 5.84. The van der Waals surface area contributed by atoms with Crippen LogP contribution in [0.3, 0.4) is 0 Å². The van der Waals surface area contributed by atoms with Gasteiger partial charge in [0.05, 0.1) is 12.1 Å². The Labute approximate surface area is 218 Å². The zero-order chi connectivity index (χ0) is 24.5. The highest BCUT2D eigenvalue weighted by Gasteiger charge is 2.59.